The average molecular weight is 326 g/mol. The molecule has 0 atom stereocenters. The third-order valence-electron chi connectivity index (χ3n) is 4.20. The van der Waals surface area contributed by atoms with Crippen LogP contribution in [0.25, 0.3) is 21.5 Å². The fourth-order valence-corrected chi connectivity index (χ4v) is 3.10. The summed E-state index contributed by atoms with van der Waals surface area (Å²) in [6.45, 7) is 1.18. The van der Waals surface area contributed by atoms with E-state index in [9.17, 15) is 5.21 Å². The van der Waals surface area contributed by atoms with E-state index in [1.54, 1.807) is 0 Å². The van der Waals surface area contributed by atoms with Gasteiger partial charge in [0.1, 0.15) is 5.71 Å². The molecule has 0 saturated carbocycles. The van der Waals surface area contributed by atoms with Gasteiger partial charge in [-0.15, -0.1) is 12.8 Å². The number of rotatable bonds is 5. The molecule has 0 aliphatic rings. The molecule has 0 unspecified atom stereocenters. The zero-order valence-corrected chi connectivity index (χ0v) is 13.8. The summed E-state index contributed by atoms with van der Waals surface area (Å²) < 4.78 is 0. The van der Waals surface area contributed by atoms with E-state index in [0.717, 1.165) is 21.7 Å². The van der Waals surface area contributed by atoms with Crippen molar-refractivity contribution in [3.05, 3.63) is 60.2 Å². The molecule has 0 heterocycles. The van der Waals surface area contributed by atoms with Gasteiger partial charge in [0, 0.05) is 12.1 Å². The zero-order valence-electron chi connectivity index (χ0n) is 13.8. The standard InChI is InChI=1S/C22H18N2O/c1-3-13-24(14-4-2)16-22(23-25)21-15-17-9-5-6-10-18(17)19-11-7-8-12-20(19)21/h1-2,5-12,15,25H,13-14,16H2/b23-22-. The predicted molar refractivity (Wildman–Crippen MR) is 104 cm³/mol. The Labute approximate surface area is 147 Å². The molecular weight excluding hydrogens is 308 g/mol. The highest BCUT2D eigenvalue weighted by atomic mass is 16.4. The van der Waals surface area contributed by atoms with Crippen molar-refractivity contribution < 1.29 is 5.21 Å². The number of fused-ring (bicyclic) bond motifs is 3. The van der Waals surface area contributed by atoms with E-state index < -0.39 is 0 Å². The molecule has 0 bridgehead atoms. The molecule has 0 spiro atoms. The van der Waals surface area contributed by atoms with E-state index in [4.69, 9.17) is 12.8 Å². The van der Waals surface area contributed by atoms with Crippen LogP contribution in [0.5, 0.6) is 0 Å². The summed E-state index contributed by atoms with van der Waals surface area (Å²) in [5.74, 6) is 5.19. The van der Waals surface area contributed by atoms with Gasteiger partial charge in [0.05, 0.1) is 13.1 Å². The van der Waals surface area contributed by atoms with Crippen LogP contribution in [0.15, 0.2) is 59.8 Å². The lowest BCUT2D eigenvalue weighted by molar-refractivity contribution is 0.312. The number of hydrogen-bond donors (Lipinski definition) is 1. The molecule has 25 heavy (non-hydrogen) atoms. The zero-order chi connectivity index (χ0) is 17.6. The van der Waals surface area contributed by atoms with Gasteiger partial charge in [0.2, 0.25) is 0 Å². The summed E-state index contributed by atoms with van der Waals surface area (Å²) in [5.41, 5.74) is 1.43. The third-order valence-corrected chi connectivity index (χ3v) is 4.20. The van der Waals surface area contributed by atoms with Crippen LogP contribution in [0.2, 0.25) is 0 Å². The van der Waals surface area contributed by atoms with Gasteiger partial charge in [-0.25, -0.2) is 0 Å². The second-order valence-electron chi connectivity index (χ2n) is 5.79. The van der Waals surface area contributed by atoms with E-state index in [1.165, 1.54) is 5.39 Å². The van der Waals surface area contributed by atoms with Gasteiger partial charge in [0.15, 0.2) is 0 Å². The van der Waals surface area contributed by atoms with Crippen LogP contribution in [-0.2, 0) is 0 Å². The summed E-state index contributed by atoms with van der Waals surface area (Å²) in [5, 5.41) is 17.6. The van der Waals surface area contributed by atoms with Crippen molar-refractivity contribution in [3.63, 3.8) is 0 Å². The molecule has 0 fully saturated rings. The maximum absolute atomic E-state index is 9.65. The highest BCUT2D eigenvalue weighted by Crippen LogP contribution is 2.29. The van der Waals surface area contributed by atoms with Gasteiger partial charge in [0.25, 0.3) is 0 Å². The Morgan fingerprint density at radius 1 is 0.920 bits per heavy atom. The van der Waals surface area contributed by atoms with Crippen LogP contribution < -0.4 is 0 Å². The van der Waals surface area contributed by atoms with Crippen molar-refractivity contribution >= 4 is 27.3 Å². The van der Waals surface area contributed by atoms with Crippen molar-refractivity contribution in [1.82, 2.24) is 4.90 Å². The molecule has 0 saturated heterocycles. The molecular formula is C22H18N2O. The van der Waals surface area contributed by atoms with E-state index in [0.29, 0.717) is 25.3 Å². The Balaban J connectivity index is 2.15. The first kappa shape index (κ1) is 16.6. The fourth-order valence-electron chi connectivity index (χ4n) is 3.10. The molecule has 0 aliphatic heterocycles. The Hall–Kier alpha value is -3.27. The molecule has 3 aromatic carbocycles. The smallest absolute Gasteiger partial charge is 0.101 e. The summed E-state index contributed by atoms with van der Waals surface area (Å²) in [7, 11) is 0. The van der Waals surface area contributed by atoms with E-state index >= 15 is 0 Å². The lowest BCUT2D eigenvalue weighted by atomic mass is 9.94. The molecule has 3 aromatic rings. The van der Waals surface area contributed by atoms with Gasteiger partial charge in [-0.2, -0.15) is 0 Å². The Morgan fingerprint density at radius 3 is 2.16 bits per heavy atom. The fraction of sp³-hybridized carbons (Fsp3) is 0.136. The first-order chi connectivity index (χ1) is 12.3. The third kappa shape index (κ3) is 3.33. The topological polar surface area (TPSA) is 35.8 Å². The highest BCUT2D eigenvalue weighted by Gasteiger charge is 2.15. The first-order valence-electron chi connectivity index (χ1n) is 7.99. The molecule has 0 aromatic heterocycles. The normalized spacial score (nSPS) is 11.6. The van der Waals surface area contributed by atoms with Crippen LogP contribution in [0.4, 0.5) is 0 Å². The molecule has 3 rings (SSSR count). The molecule has 0 aliphatic carbocycles. The lowest BCUT2D eigenvalue weighted by Gasteiger charge is -2.19. The van der Waals surface area contributed by atoms with Crippen molar-refractivity contribution in [1.29, 1.82) is 0 Å². The van der Waals surface area contributed by atoms with Crippen molar-refractivity contribution in [2.24, 2.45) is 5.16 Å². The number of terminal acetylenes is 2. The molecule has 1 N–H and O–H groups in total. The van der Waals surface area contributed by atoms with Crippen molar-refractivity contribution in [2.45, 2.75) is 0 Å². The average Bonchev–Trinajstić information content (AvgIpc) is 2.66. The van der Waals surface area contributed by atoms with Gasteiger partial charge < -0.3 is 5.21 Å². The van der Waals surface area contributed by atoms with Gasteiger partial charge in [-0.05, 0) is 27.6 Å². The minimum absolute atomic E-state index is 0.382. The van der Waals surface area contributed by atoms with Crippen LogP contribution in [0.1, 0.15) is 5.56 Å². The molecule has 0 radical (unpaired) electrons. The molecule has 3 heteroatoms. The largest absolute Gasteiger partial charge is 0.411 e. The van der Waals surface area contributed by atoms with E-state index in [-0.39, 0.29) is 0 Å². The lowest BCUT2D eigenvalue weighted by Crippen LogP contribution is -2.31. The van der Waals surface area contributed by atoms with Crippen LogP contribution >= 0.6 is 0 Å². The van der Waals surface area contributed by atoms with Crippen molar-refractivity contribution in [2.75, 3.05) is 19.6 Å². The van der Waals surface area contributed by atoms with Gasteiger partial charge >= 0.3 is 0 Å². The van der Waals surface area contributed by atoms with Crippen molar-refractivity contribution in [3.8, 4) is 24.7 Å². The second-order valence-corrected chi connectivity index (χ2v) is 5.79. The Bertz CT molecular complexity index is 1010. The van der Waals surface area contributed by atoms with E-state index in [2.05, 4.69) is 41.3 Å². The minimum Gasteiger partial charge on any atom is -0.411 e. The van der Waals surface area contributed by atoms with Crippen LogP contribution in [0.3, 0.4) is 0 Å². The summed E-state index contributed by atoms with van der Waals surface area (Å²) >= 11 is 0. The predicted octanol–water partition coefficient (Wildman–Crippen LogP) is 3.74. The van der Waals surface area contributed by atoms with E-state index in [1.807, 2.05) is 35.2 Å². The number of benzene rings is 3. The quantitative estimate of drug-likeness (QED) is 0.255. The number of nitrogens with zero attached hydrogens (tertiary/aromatic N) is 2. The maximum Gasteiger partial charge on any atom is 0.101 e. The van der Waals surface area contributed by atoms with Crippen LogP contribution in [-0.4, -0.2) is 35.5 Å². The Morgan fingerprint density at radius 2 is 1.52 bits per heavy atom. The molecule has 3 nitrogen and oxygen atoms in total. The highest BCUT2D eigenvalue weighted by molar-refractivity contribution is 6.19. The monoisotopic (exact) mass is 326 g/mol. The van der Waals surface area contributed by atoms with Gasteiger partial charge in [-0.1, -0.05) is 65.5 Å². The maximum atomic E-state index is 9.65. The summed E-state index contributed by atoms with van der Waals surface area (Å²) in [6, 6.07) is 18.3. The van der Waals surface area contributed by atoms with Gasteiger partial charge in [-0.3, -0.25) is 4.90 Å². The number of oxime groups is 1. The molecule has 122 valence electrons. The SMILES string of the molecule is C#CCN(CC#C)C/C(=N/O)c1cc2ccccc2c2ccccc12. The Kier molecular flexibility index (Phi) is 5.00. The molecule has 0 amide bonds. The second kappa shape index (κ2) is 7.53. The minimum atomic E-state index is 0.382. The first-order valence-corrected chi connectivity index (χ1v) is 7.99. The number of hydrogen-bond acceptors (Lipinski definition) is 3. The van der Waals surface area contributed by atoms with Crippen LogP contribution in [0, 0.1) is 24.7 Å². The summed E-state index contributed by atoms with van der Waals surface area (Å²) in [6.07, 6.45) is 10.8. The summed E-state index contributed by atoms with van der Waals surface area (Å²) in [4.78, 5) is 1.89.